The van der Waals surface area contributed by atoms with Gasteiger partial charge in [-0.05, 0) is 17.7 Å². The quantitative estimate of drug-likeness (QED) is 0.798. The molecule has 0 unspecified atom stereocenters. The van der Waals surface area contributed by atoms with Crippen molar-refractivity contribution in [2.24, 2.45) is 11.1 Å². The predicted octanol–water partition coefficient (Wildman–Crippen LogP) is 2.16. The highest BCUT2D eigenvalue weighted by atomic mass is 35.5. The van der Waals surface area contributed by atoms with Crippen LogP contribution in [0.25, 0.3) is 0 Å². The lowest BCUT2D eigenvalue weighted by Crippen LogP contribution is -2.33. The SMILES string of the molecule is CCS(=O)(=O)[C@@H]1[C@@H](c2ccc(Cl)cc2)[C@@]1(COC)C(N)=S. The third kappa shape index (κ3) is 2.70. The lowest BCUT2D eigenvalue weighted by Gasteiger charge is -2.15. The van der Waals surface area contributed by atoms with Crippen LogP contribution in [-0.2, 0) is 14.6 Å². The van der Waals surface area contributed by atoms with E-state index in [9.17, 15) is 8.42 Å². The molecule has 0 amide bonds. The summed E-state index contributed by atoms with van der Waals surface area (Å²) in [5, 5.41) is -0.0319. The zero-order chi connectivity index (χ0) is 15.8. The van der Waals surface area contributed by atoms with Gasteiger partial charge in [0.05, 0.1) is 22.3 Å². The van der Waals surface area contributed by atoms with Gasteiger partial charge in [-0.2, -0.15) is 0 Å². The second-order valence-electron chi connectivity index (χ2n) is 5.24. The van der Waals surface area contributed by atoms with E-state index in [1.54, 1.807) is 19.1 Å². The molecule has 2 rings (SSSR count). The van der Waals surface area contributed by atoms with E-state index in [0.29, 0.717) is 5.02 Å². The van der Waals surface area contributed by atoms with E-state index in [0.717, 1.165) is 5.56 Å². The van der Waals surface area contributed by atoms with Crippen molar-refractivity contribution < 1.29 is 13.2 Å². The Kier molecular flexibility index (Phi) is 4.63. The van der Waals surface area contributed by atoms with Crippen LogP contribution in [0.4, 0.5) is 0 Å². The van der Waals surface area contributed by atoms with Gasteiger partial charge in [0.2, 0.25) is 0 Å². The summed E-state index contributed by atoms with van der Waals surface area (Å²) in [6, 6.07) is 7.12. The number of nitrogens with two attached hydrogens (primary N) is 1. The molecule has 1 saturated carbocycles. The molecule has 116 valence electrons. The van der Waals surface area contributed by atoms with E-state index >= 15 is 0 Å². The van der Waals surface area contributed by atoms with Crippen LogP contribution in [0, 0.1) is 5.41 Å². The van der Waals surface area contributed by atoms with Crippen molar-refractivity contribution >= 4 is 38.6 Å². The van der Waals surface area contributed by atoms with Crippen molar-refractivity contribution in [2.45, 2.75) is 18.1 Å². The summed E-state index contributed by atoms with van der Waals surface area (Å²) in [5.41, 5.74) is 5.92. The van der Waals surface area contributed by atoms with Crippen molar-refractivity contribution in [3.8, 4) is 0 Å². The molecule has 0 aliphatic heterocycles. The molecular weight excluding hydrogens is 330 g/mol. The molecule has 0 aromatic heterocycles. The fourth-order valence-corrected chi connectivity index (χ4v) is 5.62. The van der Waals surface area contributed by atoms with Gasteiger partial charge >= 0.3 is 0 Å². The van der Waals surface area contributed by atoms with E-state index in [-0.39, 0.29) is 23.3 Å². The molecule has 1 aromatic carbocycles. The number of halogens is 1. The van der Waals surface area contributed by atoms with Crippen molar-refractivity contribution in [3.63, 3.8) is 0 Å². The molecule has 0 bridgehead atoms. The highest BCUT2D eigenvalue weighted by Crippen LogP contribution is 2.63. The maximum absolute atomic E-state index is 12.4. The number of sulfone groups is 1. The molecule has 1 fully saturated rings. The summed E-state index contributed by atoms with van der Waals surface area (Å²) in [7, 11) is -1.77. The Bertz CT molecular complexity index is 645. The third-order valence-electron chi connectivity index (χ3n) is 4.12. The van der Waals surface area contributed by atoms with Crippen LogP contribution in [0.15, 0.2) is 24.3 Å². The first kappa shape index (κ1) is 16.7. The number of hydrogen-bond acceptors (Lipinski definition) is 4. The van der Waals surface area contributed by atoms with Gasteiger partial charge in [0, 0.05) is 23.8 Å². The average molecular weight is 348 g/mol. The van der Waals surface area contributed by atoms with Gasteiger partial charge in [-0.3, -0.25) is 0 Å². The first-order chi connectivity index (χ1) is 9.81. The van der Waals surface area contributed by atoms with Crippen molar-refractivity contribution in [1.82, 2.24) is 0 Å². The molecule has 1 aliphatic carbocycles. The van der Waals surface area contributed by atoms with Crippen LogP contribution < -0.4 is 5.73 Å². The zero-order valence-corrected chi connectivity index (χ0v) is 14.3. The molecule has 2 N–H and O–H groups in total. The van der Waals surface area contributed by atoms with Gasteiger partial charge in [-0.1, -0.05) is 42.9 Å². The van der Waals surface area contributed by atoms with Gasteiger partial charge in [0.15, 0.2) is 9.84 Å². The van der Waals surface area contributed by atoms with Crippen LogP contribution >= 0.6 is 23.8 Å². The fourth-order valence-electron chi connectivity index (χ4n) is 3.03. The molecule has 0 heterocycles. The Hall–Kier alpha value is -0.690. The molecule has 4 nitrogen and oxygen atoms in total. The summed E-state index contributed by atoms with van der Waals surface area (Å²) in [5.74, 6) is -0.229. The maximum atomic E-state index is 12.4. The molecule has 0 radical (unpaired) electrons. The topological polar surface area (TPSA) is 69.4 Å². The summed E-state index contributed by atoms with van der Waals surface area (Å²) in [6.07, 6.45) is 0. The molecule has 0 spiro atoms. The molecular formula is C14H18ClNO3S2. The number of methoxy groups -OCH3 is 1. The second-order valence-corrected chi connectivity index (χ2v) is 8.53. The number of thiocarbonyl (C=S) groups is 1. The minimum absolute atomic E-state index is 0.0514. The van der Waals surface area contributed by atoms with E-state index in [2.05, 4.69) is 0 Å². The van der Waals surface area contributed by atoms with Gasteiger partial charge < -0.3 is 10.5 Å². The number of rotatable bonds is 6. The van der Waals surface area contributed by atoms with Crippen molar-refractivity contribution in [2.75, 3.05) is 19.5 Å². The van der Waals surface area contributed by atoms with E-state index in [1.807, 2.05) is 12.1 Å². The number of ether oxygens (including phenoxy) is 1. The average Bonchev–Trinajstić information content (AvgIpc) is 3.11. The van der Waals surface area contributed by atoms with Gasteiger partial charge in [-0.25, -0.2) is 8.42 Å². The van der Waals surface area contributed by atoms with E-state index in [4.69, 9.17) is 34.3 Å². The van der Waals surface area contributed by atoms with Crippen LogP contribution in [-0.4, -0.2) is 38.1 Å². The molecule has 0 saturated heterocycles. The molecule has 7 heteroatoms. The largest absolute Gasteiger partial charge is 0.393 e. The smallest absolute Gasteiger partial charge is 0.154 e. The zero-order valence-electron chi connectivity index (χ0n) is 11.9. The van der Waals surface area contributed by atoms with Crippen LogP contribution in [0.5, 0.6) is 0 Å². The Morgan fingerprint density at radius 3 is 2.43 bits per heavy atom. The molecule has 3 atom stereocenters. The normalized spacial score (nSPS) is 28.3. The monoisotopic (exact) mass is 347 g/mol. The fraction of sp³-hybridized carbons (Fsp3) is 0.500. The molecule has 1 aromatic rings. The standard InChI is InChI=1S/C14H18ClNO3S2/c1-3-21(17,18)12-11(9-4-6-10(15)7-5-9)14(12,8-19-2)13(16)20/h4-7,11-12H,3,8H2,1-2H3,(H2,16,20)/t11-,12-,14-/m1/s1. The minimum atomic E-state index is -3.29. The lowest BCUT2D eigenvalue weighted by atomic mass is 10.00. The van der Waals surface area contributed by atoms with Crippen LogP contribution in [0.1, 0.15) is 18.4 Å². The predicted molar refractivity (Wildman–Crippen MR) is 88.5 cm³/mol. The first-order valence-electron chi connectivity index (χ1n) is 6.57. The van der Waals surface area contributed by atoms with Gasteiger partial charge in [0.25, 0.3) is 0 Å². The molecule has 1 aliphatic rings. The summed E-state index contributed by atoms with van der Waals surface area (Å²) in [6.45, 7) is 1.82. The Morgan fingerprint density at radius 2 is 2.00 bits per heavy atom. The first-order valence-corrected chi connectivity index (χ1v) is 9.07. The highest BCUT2D eigenvalue weighted by Gasteiger charge is 2.72. The van der Waals surface area contributed by atoms with E-state index < -0.39 is 20.5 Å². The van der Waals surface area contributed by atoms with Crippen molar-refractivity contribution in [3.05, 3.63) is 34.9 Å². The van der Waals surface area contributed by atoms with Gasteiger partial charge in [-0.15, -0.1) is 0 Å². The summed E-state index contributed by atoms with van der Waals surface area (Å²) in [4.78, 5) is 0.186. The minimum Gasteiger partial charge on any atom is -0.393 e. The Labute approximate surface area is 135 Å². The second kappa shape index (κ2) is 5.83. The third-order valence-corrected chi connectivity index (χ3v) is 7.02. The number of hydrogen-bond donors (Lipinski definition) is 1. The summed E-state index contributed by atoms with van der Waals surface area (Å²) < 4.78 is 30.0. The summed E-state index contributed by atoms with van der Waals surface area (Å²) >= 11 is 11.1. The molecule has 21 heavy (non-hydrogen) atoms. The van der Waals surface area contributed by atoms with E-state index in [1.165, 1.54) is 7.11 Å². The highest BCUT2D eigenvalue weighted by molar-refractivity contribution is 7.92. The Morgan fingerprint density at radius 1 is 1.43 bits per heavy atom. The Balaban J connectivity index is 2.51. The number of benzene rings is 1. The lowest BCUT2D eigenvalue weighted by molar-refractivity contribution is 0.166. The van der Waals surface area contributed by atoms with Crippen LogP contribution in [0.3, 0.4) is 0 Å². The van der Waals surface area contributed by atoms with Gasteiger partial charge in [0.1, 0.15) is 0 Å². The maximum Gasteiger partial charge on any atom is 0.154 e. The van der Waals surface area contributed by atoms with Crippen molar-refractivity contribution in [1.29, 1.82) is 0 Å². The van der Waals surface area contributed by atoms with Crippen LogP contribution in [0.2, 0.25) is 5.02 Å².